The first-order valence-electron chi connectivity index (χ1n) is 7.80. The first kappa shape index (κ1) is 14.3. The lowest BCUT2D eigenvalue weighted by atomic mass is 9.84. The van der Waals surface area contributed by atoms with Crippen molar-refractivity contribution in [2.45, 2.75) is 71.8 Å². The normalized spacial score (nSPS) is 23.5. The Kier molecular flexibility index (Phi) is 4.78. The Hall–Kier alpha value is -1.12. The van der Waals surface area contributed by atoms with Crippen LogP contribution in [0.4, 0.5) is 0 Å². The molecule has 0 unspecified atom stereocenters. The Morgan fingerprint density at radius 3 is 2.32 bits per heavy atom. The monoisotopic (exact) mass is 262 g/mol. The summed E-state index contributed by atoms with van der Waals surface area (Å²) in [7, 11) is 0. The van der Waals surface area contributed by atoms with Gasteiger partial charge in [-0.3, -0.25) is 9.48 Å². The van der Waals surface area contributed by atoms with Crippen LogP contribution >= 0.6 is 0 Å². The van der Waals surface area contributed by atoms with Crippen LogP contribution in [-0.2, 0) is 12.8 Å². The number of nitrogens with zero attached hydrogens (tertiary/aromatic N) is 2. The Balaban J connectivity index is 2.25. The molecule has 0 amide bonds. The minimum atomic E-state index is 0.511. The summed E-state index contributed by atoms with van der Waals surface area (Å²) in [6.07, 6.45) is 9.09. The van der Waals surface area contributed by atoms with E-state index in [1.165, 1.54) is 32.1 Å². The van der Waals surface area contributed by atoms with Gasteiger partial charge in [0.1, 0.15) is 0 Å². The number of carbonyl (C=O) groups excluding carboxylic acids is 1. The largest absolute Gasteiger partial charge is 0.298 e. The minimum Gasteiger partial charge on any atom is -0.298 e. The van der Waals surface area contributed by atoms with Crippen molar-refractivity contribution in [3.63, 3.8) is 0 Å². The summed E-state index contributed by atoms with van der Waals surface area (Å²) in [5.74, 6) is 0.896. The van der Waals surface area contributed by atoms with Gasteiger partial charge in [-0.15, -0.1) is 0 Å². The number of aromatic nitrogens is 2. The highest BCUT2D eigenvalue weighted by atomic mass is 16.1. The lowest BCUT2D eigenvalue weighted by Crippen LogP contribution is -2.20. The van der Waals surface area contributed by atoms with Crippen LogP contribution in [0.1, 0.15) is 80.7 Å². The van der Waals surface area contributed by atoms with Gasteiger partial charge in [0.2, 0.25) is 0 Å². The van der Waals surface area contributed by atoms with E-state index in [0.717, 1.165) is 42.0 Å². The van der Waals surface area contributed by atoms with E-state index in [2.05, 4.69) is 25.5 Å². The topological polar surface area (TPSA) is 34.9 Å². The van der Waals surface area contributed by atoms with E-state index in [1.807, 2.05) is 0 Å². The number of aryl methyl sites for hydroxylation is 1. The molecule has 1 aliphatic rings. The van der Waals surface area contributed by atoms with E-state index >= 15 is 0 Å². The van der Waals surface area contributed by atoms with E-state index in [0.29, 0.717) is 6.04 Å². The van der Waals surface area contributed by atoms with Crippen molar-refractivity contribution in [3.8, 4) is 0 Å². The fourth-order valence-corrected chi connectivity index (χ4v) is 3.38. The summed E-state index contributed by atoms with van der Waals surface area (Å²) >= 11 is 0. The van der Waals surface area contributed by atoms with Crippen LogP contribution in [0.5, 0.6) is 0 Å². The average Bonchev–Trinajstić information content (AvgIpc) is 2.84. The number of carbonyl (C=O) groups is 1. The molecule has 2 rings (SSSR count). The van der Waals surface area contributed by atoms with Crippen LogP contribution in [-0.4, -0.2) is 16.1 Å². The maximum atomic E-state index is 11.3. The van der Waals surface area contributed by atoms with Crippen LogP contribution in [0.2, 0.25) is 0 Å². The van der Waals surface area contributed by atoms with E-state index in [4.69, 9.17) is 5.10 Å². The second-order valence-electron chi connectivity index (χ2n) is 5.66. The molecule has 1 saturated carbocycles. The van der Waals surface area contributed by atoms with Gasteiger partial charge in [0, 0.05) is 5.69 Å². The van der Waals surface area contributed by atoms with Gasteiger partial charge in [-0.25, -0.2) is 0 Å². The summed E-state index contributed by atoms with van der Waals surface area (Å²) in [6, 6.07) is 0.511. The molecule has 106 valence electrons. The van der Waals surface area contributed by atoms with Crippen molar-refractivity contribution in [1.82, 2.24) is 9.78 Å². The molecule has 0 saturated heterocycles. The van der Waals surface area contributed by atoms with Crippen molar-refractivity contribution in [2.24, 2.45) is 5.92 Å². The van der Waals surface area contributed by atoms with Gasteiger partial charge in [-0.1, -0.05) is 27.2 Å². The quantitative estimate of drug-likeness (QED) is 0.753. The first-order chi connectivity index (χ1) is 9.24. The standard InChI is InChI=1S/C16H26N2O/c1-4-12-7-9-13(10-8-12)18-16(6-3)14(11-19)15(5-2)17-18/h11-13H,4-10H2,1-3H3. The van der Waals surface area contributed by atoms with Crippen LogP contribution < -0.4 is 0 Å². The first-order valence-corrected chi connectivity index (χ1v) is 7.80. The summed E-state index contributed by atoms with van der Waals surface area (Å²) in [4.78, 5) is 11.3. The fraction of sp³-hybridized carbons (Fsp3) is 0.750. The highest BCUT2D eigenvalue weighted by Gasteiger charge is 2.25. The molecule has 0 aliphatic heterocycles. The highest BCUT2D eigenvalue weighted by Crippen LogP contribution is 2.35. The molecule has 0 atom stereocenters. The van der Waals surface area contributed by atoms with Gasteiger partial charge < -0.3 is 0 Å². The molecule has 0 radical (unpaired) electrons. The zero-order chi connectivity index (χ0) is 13.8. The third-order valence-electron chi connectivity index (χ3n) is 4.65. The molecular weight excluding hydrogens is 236 g/mol. The van der Waals surface area contributed by atoms with Crippen molar-refractivity contribution in [2.75, 3.05) is 0 Å². The molecule has 1 fully saturated rings. The second-order valence-corrected chi connectivity index (χ2v) is 5.66. The maximum absolute atomic E-state index is 11.3. The molecule has 19 heavy (non-hydrogen) atoms. The molecule has 0 aromatic carbocycles. The average molecular weight is 262 g/mol. The summed E-state index contributed by atoms with van der Waals surface area (Å²) in [5.41, 5.74) is 2.97. The van der Waals surface area contributed by atoms with Crippen molar-refractivity contribution in [1.29, 1.82) is 0 Å². The Labute approximate surface area is 116 Å². The summed E-state index contributed by atoms with van der Waals surface area (Å²) in [6.45, 7) is 6.49. The number of aldehydes is 1. The molecule has 3 heteroatoms. The Bertz CT molecular complexity index is 428. The van der Waals surface area contributed by atoms with Gasteiger partial charge in [0.15, 0.2) is 6.29 Å². The van der Waals surface area contributed by atoms with E-state index < -0.39 is 0 Å². The number of rotatable bonds is 5. The zero-order valence-electron chi connectivity index (χ0n) is 12.5. The smallest absolute Gasteiger partial charge is 0.153 e. The highest BCUT2D eigenvalue weighted by molar-refractivity contribution is 5.78. The zero-order valence-corrected chi connectivity index (χ0v) is 12.5. The van der Waals surface area contributed by atoms with Crippen molar-refractivity contribution < 1.29 is 4.79 Å². The minimum absolute atomic E-state index is 0.511. The van der Waals surface area contributed by atoms with E-state index in [1.54, 1.807) is 0 Å². The molecular formula is C16H26N2O. The summed E-state index contributed by atoms with van der Waals surface area (Å²) < 4.78 is 2.18. The third-order valence-corrected chi connectivity index (χ3v) is 4.65. The van der Waals surface area contributed by atoms with Crippen molar-refractivity contribution >= 4 is 6.29 Å². The Morgan fingerprint density at radius 2 is 1.84 bits per heavy atom. The van der Waals surface area contributed by atoms with E-state index in [9.17, 15) is 4.79 Å². The van der Waals surface area contributed by atoms with Crippen molar-refractivity contribution in [3.05, 3.63) is 17.0 Å². The van der Waals surface area contributed by atoms with Gasteiger partial charge in [-0.05, 0) is 44.4 Å². The Morgan fingerprint density at radius 1 is 1.16 bits per heavy atom. The molecule has 0 bridgehead atoms. The summed E-state index contributed by atoms with van der Waals surface area (Å²) in [5, 5.41) is 4.73. The number of hydrogen-bond acceptors (Lipinski definition) is 2. The lowest BCUT2D eigenvalue weighted by molar-refractivity contribution is 0.112. The van der Waals surface area contributed by atoms with Gasteiger partial charge >= 0.3 is 0 Å². The molecule has 0 spiro atoms. The second kappa shape index (κ2) is 6.36. The van der Waals surface area contributed by atoms with Crippen LogP contribution in [0.3, 0.4) is 0 Å². The fourth-order valence-electron chi connectivity index (χ4n) is 3.38. The lowest BCUT2D eigenvalue weighted by Gasteiger charge is -2.29. The predicted molar refractivity (Wildman–Crippen MR) is 77.7 cm³/mol. The van der Waals surface area contributed by atoms with Gasteiger partial charge in [0.25, 0.3) is 0 Å². The molecule has 1 aromatic rings. The van der Waals surface area contributed by atoms with Gasteiger partial charge in [0.05, 0.1) is 17.3 Å². The number of hydrogen-bond donors (Lipinski definition) is 0. The van der Waals surface area contributed by atoms with Crippen LogP contribution in [0.25, 0.3) is 0 Å². The van der Waals surface area contributed by atoms with Crippen LogP contribution in [0, 0.1) is 5.92 Å². The third kappa shape index (κ3) is 2.75. The molecule has 1 aliphatic carbocycles. The van der Waals surface area contributed by atoms with Gasteiger partial charge in [-0.2, -0.15) is 5.10 Å². The molecule has 1 heterocycles. The van der Waals surface area contributed by atoms with Crippen LogP contribution in [0.15, 0.2) is 0 Å². The molecule has 0 N–H and O–H groups in total. The predicted octanol–water partition coefficient (Wildman–Crippen LogP) is 3.96. The SMILES string of the molecule is CCc1nn(C2CCC(CC)CC2)c(CC)c1C=O. The van der Waals surface area contributed by atoms with E-state index in [-0.39, 0.29) is 0 Å². The maximum Gasteiger partial charge on any atom is 0.153 e. The molecule has 3 nitrogen and oxygen atoms in total. The molecule has 1 aromatic heterocycles.